The molecule has 3 heterocycles. The number of amides is 1. The first-order valence-electron chi connectivity index (χ1n) is 9.16. The molecule has 0 aliphatic carbocycles. The number of hydrogen-bond acceptors (Lipinski definition) is 3. The summed E-state index contributed by atoms with van der Waals surface area (Å²) >= 11 is 0. The molecule has 1 aliphatic heterocycles. The van der Waals surface area contributed by atoms with Gasteiger partial charge in [-0.15, -0.1) is 0 Å². The zero-order valence-corrected chi connectivity index (χ0v) is 15.5. The SMILES string of the molecule is C[C@H]1C[C@H](C)CN(C(=O)Cn2ncc3c4ccccc4n(C)c3c2=O)C1. The maximum Gasteiger partial charge on any atom is 0.291 e. The van der Waals surface area contributed by atoms with E-state index in [1.54, 1.807) is 6.20 Å². The van der Waals surface area contributed by atoms with Crippen molar-refractivity contribution in [3.8, 4) is 0 Å². The Kier molecular flexibility index (Phi) is 4.05. The second kappa shape index (κ2) is 6.27. The van der Waals surface area contributed by atoms with E-state index < -0.39 is 0 Å². The topological polar surface area (TPSA) is 60.1 Å². The van der Waals surface area contributed by atoms with Gasteiger partial charge in [0.1, 0.15) is 12.1 Å². The predicted molar refractivity (Wildman–Crippen MR) is 102 cm³/mol. The molecular formula is C20H24N4O2. The molecule has 0 unspecified atom stereocenters. The molecule has 0 bridgehead atoms. The highest BCUT2D eigenvalue weighted by atomic mass is 16.2. The zero-order chi connectivity index (χ0) is 18.4. The molecule has 0 N–H and O–H groups in total. The smallest absolute Gasteiger partial charge is 0.291 e. The van der Waals surface area contributed by atoms with Gasteiger partial charge in [0.2, 0.25) is 5.91 Å². The fraction of sp³-hybridized carbons (Fsp3) is 0.450. The fourth-order valence-electron chi connectivity index (χ4n) is 4.32. The summed E-state index contributed by atoms with van der Waals surface area (Å²) in [6, 6.07) is 7.89. The van der Waals surface area contributed by atoms with Crippen molar-refractivity contribution in [2.45, 2.75) is 26.8 Å². The standard InChI is InChI=1S/C20H24N4O2/c1-13-8-14(2)11-23(10-13)18(25)12-24-20(26)19-16(9-21-24)15-6-4-5-7-17(15)22(19)3/h4-7,9,13-14H,8,10-12H2,1-3H3/t13-,14-/m0/s1. The van der Waals surface area contributed by atoms with E-state index in [0.717, 1.165) is 35.8 Å². The molecule has 2 atom stereocenters. The third kappa shape index (κ3) is 2.69. The number of hydrogen-bond donors (Lipinski definition) is 0. The Morgan fingerprint density at radius 2 is 1.85 bits per heavy atom. The Labute approximate surface area is 152 Å². The second-order valence-electron chi connectivity index (χ2n) is 7.69. The Hall–Kier alpha value is -2.63. The number of para-hydroxylation sites is 1. The van der Waals surface area contributed by atoms with E-state index in [-0.39, 0.29) is 18.0 Å². The summed E-state index contributed by atoms with van der Waals surface area (Å²) in [5.74, 6) is 0.956. The highest BCUT2D eigenvalue weighted by molar-refractivity contribution is 6.07. The summed E-state index contributed by atoms with van der Waals surface area (Å²) in [5.41, 5.74) is 1.37. The Balaban J connectivity index is 1.70. The number of carbonyl (C=O) groups is 1. The van der Waals surface area contributed by atoms with Gasteiger partial charge in [-0.1, -0.05) is 32.0 Å². The molecule has 4 rings (SSSR count). The molecule has 1 fully saturated rings. The molecule has 1 aromatic carbocycles. The van der Waals surface area contributed by atoms with E-state index in [0.29, 0.717) is 17.4 Å². The van der Waals surface area contributed by atoms with Crippen LogP contribution in [0.5, 0.6) is 0 Å². The monoisotopic (exact) mass is 352 g/mol. The number of benzene rings is 1. The lowest BCUT2D eigenvalue weighted by Crippen LogP contribution is -2.45. The van der Waals surface area contributed by atoms with Crippen LogP contribution < -0.4 is 5.56 Å². The molecule has 0 radical (unpaired) electrons. The van der Waals surface area contributed by atoms with Crippen LogP contribution in [0.15, 0.2) is 35.3 Å². The Morgan fingerprint density at radius 3 is 2.58 bits per heavy atom. The first-order chi connectivity index (χ1) is 12.5. The summed E-state index contributed by atoms with van der Waals surface area (Å²) in [5, 5.41) is 6.12. The van der Waals surface area contributed by atoms with Crippen molar-refractivity contribution in [1.82, 2.24) is 19.2 Å². The summed E-state index contributed by atoms with van der Waals surface area (Å²) in [7, 11) is 1.88. The molecule has 6 heteroatoms. The number of carbonyl (C=O) groups excluding carboxylic acids is 1. The second-order valence-corrected chi connectivity index (χ2v) is 7.69. The quantitative estimate of drug-likeness (QED) is 0.711. The van der Waals surface area contributed by atoms with Crippen molar-refractivity contribution in [1.29, 1.82) is 0 Å². The highest BCUT2D eigenvalue weighted by Crippen LogP contribution is 2.25. The maximum absolute atomic E-state index is 13.0. The Bertz CT molecular complexity index is 1040. The van der Waals surface area contributed by atoms with Crippen LogP contribution in [0, 0.1) is 11.8 Å². The van der Waals surface area contributed by atoms with Crippen LogP contribution in [0.4, 0.5) is 0 Å². The van der Waals surface area contributed by atoms with Crippen molar-refractivity contribution < 1.29 is 4.79 Å². The van der Waals surface area contributed by atoms with Crippen LogP contribution in [0.3, 0.4) is 0 Å². The van der Waals surface area contributed by atoms with Crippen LogP contribution in [0.1, 0.15) is 20.3 Å². The zero-order valence-electron chi connectivity index (χ0n) is 15.5. The lowest BCUT2D eigenvalue weighted by Gasteiger charge is -2.35. The summed E-state index contributed by atoms with van der Waals surface area (Å²) in [6.45, 7) is 5.85. The van der Waals surface area contributed by atoms with E-state index in [9.17, 15) is 9.59 Å². The lowest BCUT2D eigenvalue weighted by atomic mass is 9.92. The van der Waals surface area contributed by atoms with Crippen LogP contribution in [0.2, 0.25) is 0 Å². The number of rotatable bonds is 2. The summed E-state index contributed by atoms with van der Waals surface area (Å²) in [4.78, 5) is 27.6. The van der Waals surface area contributed by atoms with Crippen LogP contribution in [-0.4, -0.2) is 38.2 Å². The van der Waals surface area contributed by atoms with Gasteiger partial charge in [0.25, 0.3) is 5.56 Å². The van der Waals surface area contributed by atoms with Crippen LogP contribution in [-0.2, 0) is 18.4 Å². The molecular weight excluding hydrogens is 328 g/mol. The molecule has 1 saturated heterocycles. The molecule has 0 saturated carbocycles. The van der Waals surface area contributed by atoms with Gasteiger partial charge in [-0.2, -0.15) is 5.10 Å². The molecule has 2 aromatic heterocycles. The van der Waals surface area contributed by atoms with Gasteiger partial charge < -0.3 is 9.47 Å². The number of aromatic nitrogens is 3. The fourth-order valence-corrected chi connectivity index (χ4v) is 4.32. The Morgan fingerprint density at radius 1 is 1.15 bits per heavy atom. The van der Waals surface area contributed by atoms with Crippen molar-refractivity contribution >= 4 is 27.7 Å². The van der Waals surface area contributed by atoms with Gasteiger partial charge in [-0.05, 0) is 24.3 Å². The largest absolute Gasteiger partial charge is 0.341 e. The molecule has 1 amide bonds. The third-order valence-electron chi connectivity index (χ3n) is 5.42. The van der Waals surface area contributed by atoms with E-state index >= 15 is 0 Å². The first-order valence-corrected chi connectivity index (χ1v) is 9.16. The molecule has 26 heavy (non-hydrogen) atoms. The number of piperidine rings is 1. The third-order valence-corrected chi connectivity index (χ3v) is 5.42. The van der Waals surface area contributed by atoms with E-state index in [1.165, 1.54) is 4.68 Å². The molecule has 1 aliphatic rings. The number of fused-ring (bicyclic) bond motifs is 3. The molecule has 6 nitrogen and oxygen atoms in total. The van der Waals surface area contributed by atoms with Gasteiger partial charge in [-0.25, -0.2) is 4.68 Å². The molecule has 3 aromatic rings. The van der Waals surface area contributed by atoms with E-state index in [1.807, 2.05) is 40.8 Å². The number of aryl methyl sites for hydroxylation is 1. The predicted octanol–water partition coefficient (Wildman–Crippen LogP) is 2.39. The molecule has 0 spiro atoms. The maximum atomic E-state index is 13.0. The minimum Gasteiger partial charge on any atom is -0.341 e. The summed E-state index contributed by atoms with van der Waals surface area (Å²) in [6.07, 6.45) is 2.84. The normalized spacial score (nSPS) is 20.8. The van der Waals surface area contributed by atoms with Crippen molar-refractivity contribution in [2.24, 2.45) is 18.9 Å². The molecule has 136 valence electrons. The minimum atomic E-state index is -0.215. The van der Waals surface area contributed by atoms with Crippen LogP contribution in [0.25, 0.3) is 21.8 Å². The lowest BCUT2D eigenvalue weighted by molar-refractivity contribution is -0.134. The van der Waals surface area contributed by atoms with E-state index in [4.69, 9.17) is 0 Å². The van der Waals surface area contributed by atoms with Crippen LogP contribution >= 0.6 is 0 Å². The van der Waals surface area contributed by atoms with Crippen molar-refractivity contribution in [2.75, 3.05) is 13.1 Å². The van der Waals surface area contributed by atoms with E-state index in [2.05, 4.69) is 18.9 Å². The van der Waals surface area contributed by atoms with Crippen molar-refractivity contribution in [3.05, 3.63) is 40.8 Å². The highest BCUT2D eigenvalue weighted by Gasteiger charge is 2.26. The van der Waals surface area contributed by atoms with Gasteiger partial charge >= 0.3 is 0 Å². The van der Waals surface area contributed by atoms with Gasteiger partial charge in [-0.3, -0.25) is 9.59 Å². The summed E-state index contributed by atoms with van der Waals surface area (Å²) < 4.78 is 3.19. The first kappa shape index (κ1) is 16.8. The van der Waals surface area contributed by atoms with Gasteiger partial charge in [0.15, 0.2) is 0 Å². The van der Waals surface area contributed by atoms with Crippen molar-refractivity contribution in [3.63, 3.8) is 0 Å². The van der Waals surface area contributed by atoms with Gasteiger partial charge in [0, 0.05) is 36.4 Å². The average molecular weight is 352 g/mol. The number of nitrogens with zero attached hydrogens (tertiary/aromatic N) is 4. The average Bonchev–Trinajstić information content (AvgIpc) is 2.90. The minimum absolute atomic E-state index is 0.00423. The van der Waals surface area contributed by atoms with Gasteiger partial charge in [0.05, 0.1) is 6.20 Å². The number of likely N-dealkylation sites (tertiary alicyclic amines) is 1.